The Kier molecular flexibility index (Phi) is 6.82. The van der Waals surface area contributed by atoms with Crippen molar-refractivity contribution >= 4 is 12.1 Å². The largest absolute Gasteiger partial charge is 0.460 e. The monoisotopic (exact) mass is 348 g/mol. The number of rotatable bonds is 5. The van der Waals surface area contributed by atoms with Gasteiger partial charge in [0.2, 0.25) is 0 Å². The molecule has 25 heavy (non-hydrogen) atoms. The number of carbonyl (C=O) groups is 2. The summed E-state index contributed by atoms with van der Waals surface area (Å²) in [6.45, 7) is 7.20. The van der Waals surface area contributed by atoms with Gasteiger partial charge in [-0.15, -0.1) is 0 Å². The lowest BCUT2D eigenvalue weighted by atomic mass is 10.1. The van der Waals surface area contributed by atoms with Crippen LogP contribution in [0.2, 0.25) is 0 Å². The number of amides is 1. The number of hydrogen-bond donors (Lipinski definition) is 1. The summed E-state index contributed by atoms with van der Waals surface area (Å²) in [4.78, 5) is 25.7. The Morgan fingerprint density at radius 2 is 1.96 bits per heavy atom. The molecule has 1 aromatic rings. The number of benzene rings is 1. The standard InChI is InChI=1S/C19H28N2O4/c1-19(2,3)25-18(23)21-11-7-10-16(13-21)20-12-17(22)24-14-15-8-5-4-6-9-15/h4-6,8-9,16,20H,7,10-14H2,1-3H3. The Hall–Kier alpha value is -2.08. The van der Waals surface area contributed by atoms with Gasteiger partial charge in [-0.3, -0.25) is 4.79 Å². The average Bonchev–Trinajstić information content (AvgIpc) is 2.58. The van der Waals surface area contributed by atoms with Crippen molar-refractivity contribution in [1.29, 1.82) is 0 Å². The maximum atomic E-state index is 12.1. The second-order valence-corrected chi connectivity index (χ2v) is 7.29. The summed E-state index contributed by atoms with van der Waals surface area (Å²) in [7, 11) is 0. The number of ether oxygens (including phenoxy) is 2. The van der Waals surface area contributed by atoms with E-state index >= 15 is 0 Å². The van der Waals surface area contributed by atoms with Crippen molar-refractivity contribution in [2.45, 2.75) is 51.9 Å². The number of nitrogens with zero attached hydrogens (tertiary/aromatic N) is 1. The van der Waals surface area contributed by atoms with E-state index in [4.69, 9.17) is 9.47 Å². The van der Waals surface area contributed by atoms with Crippen molar-refractivity contribution in [2.75, 3.05) is 19.6 Å². The zero-order valence-corrected chi connectivity index (χ0v) is 15.3. The van der Waals surface area contributed by atoms with E-state index in [9.17, 15) is 9.59 Å². The average molecular weight is 348 g/mol. The summed E-state index contributed by atoms with van der Waals surface area (Å²) in [5.41, 5.74) is 0.461. The van der Waals surface area contributed by atoms with Gasteiger partial charge in [-0.2, -0.15) is 0 Å². The quantitative estimate of drug-likeness (QED) is 0.829. The van der Waals surface area contributed by atoms with Gasteiger partial charge in [0, 0.05) is 19.1 Å². The van der Waals surface area contributed by atoms with Crippen LogP contribution in [-0.4, -0.2) is 48.2 Å². The van der Waals surface area contributed by atoms with Crippen LogP contribution in [0.15, 0.2) is 30.3 Å². The van der Waals surface area contributed by atoms with E-state index < -0.39 is 5.60 Å². The molecular weight excluding hydrogens is 320 g/mol. The van der Waals surface area contributed by atoms with Crippen LogP contribution < -0.4 is 5.32 Å². The number of carbonyl (C=O) groups excluding carboxylic acids is 2. The van der Waals surface area contributed by atoms with Gasteiger partial charge in [0.25, 0.3) is 0 Å². The van der Waals surface area contributed by atoms with Gasteiger partial charge in [-0.05, 0) is 39.2 Å². The highest BCUT2D eigenvalue weighted by atomic mass is 16.6. The number of nitrogens with one attached hydrogen (secondary N) is 1. The van der Waals surface area contributed by atoms with E-state index in [1.54, 1.807) is 4.90 Å². The molecule has 1 fully saturated rings. The minimum atomic E-state index is -0.501. The highest BCUT2D eigenvalue weighted by Gasteiger charge is 2.27. The van der Waals surface area contributed by atoms with Crippen LogP contribution in [-0.2, 0) is 20.9 Å². The number of hydrogen-bond acceptors (Lipinski definition) is 5. The lowest BCUT2D eigenvalue weighted by molar-refractivity contribution is -0.144. The predicted molar refractivity (Wildman–Crippen MR) is 95.1 cm³/mol. The summed E-state index contributed by atoms with van der Waals surface area (Å²) in [5, 5.41) is 3.18. The van der Waals surface area contributed by atoms with Gasteiger partial charge in [-0.25, -0.2) is 4.79 Å². The molecule has 138 valence electrons. The molecule has 0 bridgehead atoms. The smallest absolute Gasteiger partial charge is 0.410 e. The van der Waals surface area contributed by atoms with Crippen LogP contribution in [0, 0.1) is 0 Å². The number of likely N-dealkylation sites (tertiary alicyclic amines) is 1. The topological polar surface area (TPSA) is 67.9 Å². The normalized spacial score (nSPS) is 17.9. The van der Waals surface area contributed by atoms with Crippen molar-refractivity contribution < 1.29 is 19.1 Å². The Morgan fingerprint density at radius 3 is 2.64 bits per heavy atom. The molecule has 1 unspecified atom stereocenters. The molecule has 0 aromatic heterocycles. The molecule has 0 spiro atoms. The fraction of sp³-hybridized carbons (Fsp3) is 0.579. The fourth-order valence-electron chi connectivity index (χ4n) is 2.65. The van der Waals surface area contributed by atoms with Gasteiger partial charge in [-0.1, -0.05) is 30.3 Å². The molecule has 1 saturated heterocycles. The summed E-state index contributed by atoms with van der Waals surface area (Å²) in [6, 6.07) is 9.65. The molecule has 1 aliphatic heterocycles. The third-order valence-corrected chi connectivity index (χ3v) is 3.85. The Bertz CT molecular complexity index is 569. The van der Waals surface area contributed by atoms with Crippen LogP contribution in [0.3, 0.4) is 0 Å². The summed E-state index contributed by atoms with van der Waals surface area (Å²) < 4.78 is 10.7. The highest BCUT2D eigenvalue weighted by molar-refractivity contribution is 5.71. The minimum Gasteiger partial charge on any atom is -0.460 e. The molecular formula is C19H28N2O4. The number of esters is 1. The molecule has 6 nitrogen and oxygen atoms in total. The van der Waals surface area contributed by atoms with Crippen molar-refractivity contribution in [3.63, 3.8) is 0 Å². The molecule has 6 heteroatoms. The Balaban J connectivity index is 1.71. The Morgan fingerprint density at radius 1 is 1.24 bits per heavy atom. The van der Waals surface area contributed by atoms with Crippen molar-refractivity contribution in [1.82, 2.24) is 10.2 Å². The Labute approximate surface area is 149 Å². The summed E-state index contributed by atoms with van der Waals surface area (Å²) in [6.07, 6.45) is 1.51. The molecule has 1 heterocycles. The number of piperidine rings is 1. The fourth-order valence-corrected chi connectivity index (χ4v) is 2.65. The molecule has 1 atom stereocenters. The van der Waals surface area contributed by atoms with E-state index in [1.807, 2.05) is 51.1 Å². The first-order valence-electron chi connectivity index (χ1n) is 8.74. The van der Waals surface area contributed by atoms with Crippen molar-refractivity contribution in [2.24, 2.45) is 0 Å². The van der Waals surface area contributed by atoms with E-state index in [0.29, 0.717) is 13.1 Å². The van der Waals surface area contributed by atoms with Gasteiger partial charge >= 0.3 is 12.1 Å². The summed E-state index contributed by atoms with van der Waals surface area (Å²) in [5.74, 6) is -0.293. The van der Waals surface area contributed by atoms with E-state index in [0.717, 1.165) is 18.4 Å². The lowest BCUT2D eigenvalue weighted by Crippen LogP contribution is -2.50. The maximum Gasteiger partial charge on any atom is 0.410 e. The van der Waals surface area contributed by atoms with Gasteiger partial charge in [0.15, 0.2) is 0 Å². The molecule has 1 aliphatic rings. The first kappa shape index (κ1) is 19.2. The van der Waals surface area contributed by atoms with E-state index in [2.05, 4.69) is 5.32 Å². The van der Waals surface area contributed by atoms with Crippen LogP contribution >= 0.6 is 0 Å². The second-order valence-electron chi connectivity index (χ2n) is 7.29. The first-order valence-corrected chi connectivity index (χ1v) is 8.74. The van der Waals surface area contributed by atoms with Crippen molar-refractivity contribution in [3.05, 3.63) is 35.9 Å². The second kappa shape index (κ2) is 8.85. The van der Waals surface area contributed by atoms with Gasteiger partial charge < -0.3 is 19.7 Å². The molecule has 0 radical (unpaired) electrons. The molecule has 2 rings (SSSR count). The molecule has 1 N–H and O–H groups in total. The molecule has 1 amide bonds. The third kappa shape index (κ3) is 7.13. The third-order valence-electron chi connectivity index (χ3n) is 3.85. The zero-order valence-electron chi connectivity index (χ0n) is 15.3. The summed E-state index contributed by atoms with van der Waals surface area (Å²) >= 11 is 0. The van der Waals surface area contributed by atoms with Gasteiger partial charge in [0.1, 0.15) is 12.2 Å². The van der Waals surface area contributed by atoms with Crippen LogP contribution in [0.25, 0.3) is 0 Å². The molecule has 0 saturated carbocycles. The highest BCUT2D eigenvalue weighted by Crippen LogP contribution is 2.15. The van der Waals surface area contributed by atoms with E-state index in [-0.39, 0.29) is 31.3 Å². The van der Waals surface area contributed by atoms with Crippen LogP contribution in [0.4, 0.5) is 4.79 Å². The van der Waals surface area contributed by atoms with E-state index in [1.165, 1.54) is 0 Å². The first-order chi connectivity index (χ1) is 11.8. The maximum absolute atomic E-state index is 12.1. The molecule has 1 aromatic carbocycles. The molecule has 0 aliphatic carbocycles. The van der Waals surface area contributed by atoms with Crippen molar-refractivity contribution in [3.8, 4) is 0 Å². The minimum absolute atomic E-state index is 0.0746. The van der Waals surface area contributed by atoms with Crippen LogP contribution in [0.1, 0.15) is 39.2 Å². The van der Waals surface area contributed by atoms with Gasteiger partial charge in [0.05, 0.1) is 6.54 Å². The van der Waals surface area contributed by atoms with Crippen LogP contribution in [0.5, 0.6) is 0 Å². The predicted octanol–water partition coefficient (Wildman–Crippen LogP) is 2.72. The SMILES string of the molecule is CC(C)(C)OC(=O)N1CCCC(NCC(=O)OCc2ccccc2)C1. The lowest BCUT2D eigenvalue weighted by Gasteiger charge is -2.34. The zero-order chi connectivity index (χ0) is 18.3.